The molecule has 0 atom stereocenters. The lowest BCUT2D eigenvalue weighted by atomic mass is 10.1. The number of urea groups is 1. The van der Waals surface area contributed by atoms with Crippen LogP contribution in [0.5, 0.6) is 5.75 Å². The second kappa shape index (κ2) is 10.4. The summed E-state index contributed by atoms with van der Waals surface area (Å²) in [6.07, 6.45) is 2.16. The van der Waals surface area contributed by atoms with E-state index in [1.807, 2.05) is 54.6 Å². The molecular weight excluding hydrogens is 316 g/mol. The Morgan fingerprint density at radius 1 is 1.08 bits per heavy atom. The van der Waals surface area contributed by atoms with Crippen molar-refractivity contribution in [1.82, 2.24) is 10.2 Å². The number of ether oxygens (including phenoxy) is 1. The van der Waals surface area contributed by atoms with Gasteiger partial charge >= 0.3 is 6.03 Å². The zero-order valence-electron chi connectivity index (χ0n) is 14.6. The number of amides is 2. The predicted molar refractivity (Wildman–Crippen MR) is 98.4 cm³/mol. The Balaban J connectivity index is 1.81. The molecule has 5 heteroatoms. The highest BCUT2D eigenvalue weighted by molar-refractivity contribution is 5.74. The van der Waals surface area contributed by atoms with Crippen LogP contribution in [0.1, 0.15) is 24.5 Å². The number of benzene rings is 2. The van der Waals surface area contributed by atoms with Crippen molar-refractivity contribution in [3.63, 3.8) is 0 Å². The highest BCUT2D eigenvalue weighted by atomic mass is 16.5. The molecule has 0 aliphatic heterocycles. The van der Waals surface area contributed by atoms with Gasteiger partial charge in [0, 0.05) is 13.1 Å². The van der Waals surface area contributed by atoms with Gasteiger partial charge in [-0.3, -0.25) is 0 Å². The van der Waals surface area contributed by atoms with Crippen LogP contribution in [-0.2, 0) is 13.0 Å². The normalized spacial score (nSPS) is 10.3. The first kappa shape index (κ1) is 18.8. The SMILES string of the molecule is CCCc1ccc(OCNC(=O)N(CCO)Cc2ccccc2)cc1. The Hall–Kier alpha value is -2.53. The van der Waals surface area contributed by atoms with E-state index in [-0.39, 0.29) is 25.9 Å². The summed E-state index contributed by atoms with van der Waals surface area (Å²) < 4.78 is 5.57. The number of nitrogens with zero attached hydrogens (tertiary/aromatic N) is 1. The number of hydrogen-bond donors (Lipinski definition) is 2. The predicted octanol–water partition coefficient (Wildman–Crippen LogP) is 3.18. The minimum absolute atomic E-state index is 0.0833. The fourth-order valence-electron chi connectivity index (χ4n) is 2.51. The van der Waals surface area contributed by atoms with Gasteiger partial charge in [-0.25, -0.2) is 4.79 Å². The van der Waals surface area contributed by atoms with Gasteiger partial charge in [0.15, 0.2) is 6.73 Å². The van der Waals surface area contributed by atoms with Crippen molar-refractivity contribution in [2.24, 2.45) is 0 Å². The van der Waals surface area contributed by atoms with Crippen molar-refractivity contribution in [1.29, 1.82) is 0 Å². The maximum Gasteiger partial charge on any atom is 0.320 e. The summed E-state index contributed by atoms with van der Waals surface area (Å²) in [5, 5.41) is 11.9. The van der Waals surface area contributed by atoms with Crippen molar-refractivity contribution in [2.75, 3.05) is 19.9 Å². The molecule has 0 bridgehead atoms. The van der Waals surface area contributed by atoms with Crippen molar-refractivity contribution in [3.05, 3.63) is 65.7 Å². The first-order valence-electron chi connectivity index (χ1n) is 8.62. The number of hydrogen-bond acceptors (Lipinski definition) is 3. The molecule has 2 aromatic rings. The lowest BCUT2D eigenvalue weighted by Gasteiger charge is -2.22. The zero-order valence-corrected chi connectivity index (χ0v) is 14.6. The van der Waals surface area contributed by atoms with Crippen molar-refractivity contribution in [3.8, 4) is 5.75 Å². The number of aliphatic hydroxyl groups is 1. The quantitative estimate of drug-likeness (QED) is 0.688. The van der Waals surface area contributed by atoms with Crippen LogP contribution < -0.4 is 10.1 Å². The Bertz CT molecular complexity index is 629. The van der Waals surface area contributed by atoms with Crippen molar-refractivity contribution >= 4 is 6.03 Å². The van der Waals surface area contributed by atoms with Gasteiger partial charge in [0.1, 0.15) is 5.75 Å². The van der Waals surface area contributed by atoms with E-state index in [9.17, 15) is 9.90 Å². The average molecular weight is 342 g/mol. The molecule has 0 radical (unpaired) electrons. The second-order valence-electron chi connectivity index (χ2n) is 5.80. The second-order valence-corrected chi connectivity index (χ2v) is 5.80. The van der Waals surface area contributed by atoms with Gasteiger partial charge in [0.25, 0.3) is 0 Å². The molecule has 2 aromatic carbocycles. The van der Waals surface area contributed by atoms with Crippen LogP contribution >= 0.6 is 0 Å². The third-order valence-electron chi connectivity index (χ3n) is 3.80. The van der Waals surface area contributed by atoms with Crippen molar-refractivity contribution < 1.29 is 14.6 Å². The highest BCUT2D eigenvalue weighted by Gasteiger charge is 2.13. The lowest BCUT2D eigenvalue weighted by Crippen LogP contribution is -2.42. The molecule has 5 nitrogen and oxygen atoms in total. The van der Waals surface area contributed by atoms with E-state index in [1.54, 1.807) is 4.90 Å². The highest BCUT2D eigenvalue weighted by Crippen LogP contribution is 2.13. The van der Waals surface area contributed by atoms with Gasteiger partial charge in [0.2, 0.25) is 0 Å². The molecule has 0 aromatic heterocycles. The Morgan fingerprint density at radius 2 is 1.80 bits per heavy atom. The molecule has 0 saturated carbocycles. The molecule has 134 valence electrons. The summed E-state index contributed by atoms with van der Waals surface area (Å²) >= 11 is 0. The number of rotatable bonds is 9. The molecule has 25 heavy (non-hydrogen) atoms. The Labute approximate surface area is 149 Å². The van der Waals surface area contributed by atoms with Gasteiger partial charge in [-0.15, -0.1) is 0 Å². The molecular formula is C20H26N2O3. The van der Waals surface area contributed by atoms with E-state index in [0.29, 0.717) is 6.54 Å². The monoisotopic (exact) mass is 342 g/mol. The fraction of sp³-hybridized carbons (Fsp3) is 0.350. The number of aliphatic hydroxyl groups excluding tert-OH is 1. The number of nitrogens with one attached hydrogen (secondary N) is 1. The molecule has 0 fully saturated rings. The minimum Gasteiger partial charge on any atom is -0.473 e. The lowest BCUT2D eigenvalue weighted by molar-refractivity contribution is 0.164. The fourth-order valence-corrected chi connectivity index (χ4v) is 2.51. The summed E-state index contributed by atoms with van der Waals surface area (Å²) in [6.45, 7) is 2.86. The molecule has 0 spiro atoms. The van der Waals surface area contributed by atoms with E-state index >= 15 is 0 Å². The average Bonchev–Trinajstić information content (AvgIpc) is 2.64. The van der Waals surface area contributed by atoms with E-state index in [2.05, 4.69) is 12.2 Å². The molecule has 0 unspecified atom stereocenters. The summed E-state index contributed by atoms with van der Waals surface area (Å²) in [5.41, 5.74) is 2.29. The first-order valence-corrected chi connectivity index (χ1v) is 8.62. The minimum atomic E-state index is -0.263. The Kier molecular flexibility index (Phi) is 7.79. The molecule has 0 aliphatic carbocycles. The summed E-state index contributed by atoms with van der Waals surface area (Å²) in [5.74, 6) is 0.719. The third kappa shape index (κ3) is 6.47. The molecule has 2 rings (SSSR count). The standard InChI is InChI=1S/C20H26N2O3/c1-2-6-17-9-11-19(12-10-17)25-16-21-20(24)22(13-14-23)15-18-7-4-3-5-8-18/h3-5,7-12,23H,2,6,13-16H2,1H3,(H,21,24). The molecule has 0 saturated heterocycles. The van der Waals surface area contributed by atoms with Crippen LogP contribution in [0.2, 0.25) is 0 Å². The number of carbonyl (C=O) groups is 1. The van der Waals surface area contributed by atoms with Gasteiger partial charge in [-0.05, 0) is 29.7 Å². The molecule has 2 N–H and O–H groups in total. The number of carbonyl (C=O) groups excluding carboxylic acids is 1. The van der Waals surface area contributed by atoms with E-state index in [0.717, 1.165) is 24.2 Å². The van der Waals surface area contributed by atoms with E-state index in [4.69, 9.17) is 4.74 Å². The summed E-state index contributed by atoms with van der Waals surface area (Å²) in [6, 6.07) is 17.3. The molecule has 0 aliphatic rings. The van der Waals surface area contributed by atoms with Gasteiger partial charge < -0.3 is 20.1 Å². The van der Waals surface area contributed by atoms with Crippen LogP contribution in [0.25, 0.3) is 0 Å². The number of aryl methyl sites for hydroxylation is 1. The van der Waals surface area contributed by atoms with Crippen LogP contribution in [0.4, 0.5) is 4.79 Å². The summed E-state index contributed by atoms with van der Waals surface area (Å²) in [4.78, 5) is 13.8. The van der Waals surface area contributed by atoms with Gasteiger partial charge in [-0.2, -0.15) is 0 Å². The zero-order chi connectivity index (χ0) is 17.9. The molecule has 0 heterocycles. The first-order chi connectivity index (χ1) is 12.2. The molecule has 2 amide bonds. The van der Waals surface area contributed by atoms with Crippen molar-refractivity contribution in [2.45, 2.75) is 26.3 Å². The van der Waals surface area contributed by atoms with Gasteiger partial charge in [-0.1, -0.05) is 55.8 Å². The van der Waals surface area contributed by atoms with E-state index < -0.39 is 0 Å². The largest absolute Gasteiger partial charge is 0.473 e. The maximum absolute atomic E-state index is 12.3. The smallest absolute Gasteiger partial charge is 0.320 e. The van der Waals surface area contributed by atoms with Gasteiger partial charge in [0.05, 0.1) is 6.61 Å². The summed E-state index contributed by atoms with van der Waals surface area (Å²) in [7, 11) is 0. The van der Waals surface area contributed by atoms with E-state index in [1.165, 1.54) is 5.56 Å². The van der Waals surface area contributed by atoms with Crippen LogP contribution in [0.3, 0.4) is 0 Å². The maximum atomic E-state index is 12.3. The van der Waals surface area contributed by atoms with Crippen LogP contribution in [0, 0.1) is 0 Å². The van der Waals surface area contributed by atoms with Crippen LogP contribution in [-0.4, -0.2) is 35.9 Å². The Morgan fingerprint density at radius 3 is 2.44 bits per heavy atom. The topological polar surface area (TPSA) is 61.8 Å². The van der Waals surface area contributed by atoms with Crippen LogP contribution in [0.15, 0.2) is 54.6 Å². The third-order valence-corrected chi connectivity index (χ3v) is 3.80.